The van der Waals surface area contributed by atoms with Crippen LogP contribution in [0, 0.1) is 0 Å². The molecule has 0 radical (unpaired) electrons. The Labute approximate surface area is 93.9 Å². The standard InChI is InChI=1S/C13H24N2/c1-6-12-8-9-13(15(12)7-2)10-14(5)11(3)4/h8-9,11H,6-7,10H2,1-5H3. The molecular weight excluding hydrogens is 184 g/mol. The van der Waals surface area contributed by atoms with Crippen LogP contribution < -0.4 is 0 Å². The molecule has 0 N–H and O–H groups in total. The first-order valence-electron chi connectivity index (χ1n) is 5.97. The van der Waals surface area contributed by atoms with Gasteiger partial charge in [0, 0.05) is 30.5 Å². The second kappa shape index (κ2) is 5.36. The first kappa shape index (κ1) is 12.3. The first-order chi connectivity index (χ1) is 7.10. The molecule has 1 aromatic heterocycles. The molecule has 0 fully saturated rings. The van der Waals surface area contributed by atoms with E-state index < -0.39 is 0 Å². The van der Waals surface area contributed by atoms with Crippen molar-refractivity contribution in [1.29, 1.82) is 0 Å². The Hall–Kier alpha value is -0.760. The summed E-state index contributed by atoms with van der Waals surface area (Å²) < 4.78 is 2.43. The van der Waals surface area contributed by atoms with Crippen molar-refractivity contribution in [2.45, 2.75) is 53.2 Å². The molecule has 0 unspecified atom stereocenters. The lowest BCUT2D eigenvalue weighted by Crippen LogP contribution is -2.26. The van der Waals surface area contributed by atoms with Crippen LogP contribution in [0.3, 0.4) is 0 Å². The Morgan fingerprint density at radius 1 is 1.20 bits per heavy atom. The minimum Gasteiger partial charge on any atom is -0.348 e. The summed E-state index contributed by atoms with van der Waals surface area (Å²) >= 11 is 0. The van der Waals surface area contributed by atoms with Crippen molar-refractivity contribution in [2.75, 3.05) is 7.05 Å². The van der Waals surface area contributed by atoms with Crippen molar-refractivity contribution >= 4 is 0 Å². The van der Waals surface area contributed by atoms with E-state index in [2.05, 4.69) is 56.3 Å². The monoisotopic (exact) mass is 208 g/mol. The fraction of sp³-hybridized carbons (Fsp3) is 0.692. The number of aromatic nitrogens is 1. The summed E-state index contributed by atoms with van der Waals surface area (Å²) in [6.07, 6.45) is 1.12. The van der Waals surface area contributed by atoms with E-state index in [-0.39, 0.29) is 0 Å². The van der Waals surface area contributed by atoms with E-state index in [1.165, 1.54) is 11.4 Å². The summed E-state index contributed by atoms with van der Waals surface area (Å²) in [5.74, 6) is 0. The molecule has 1 aromatic rings. The zero-order chi connectivity index (χ0) is 11.4. The van der Waals surface area contributed by atoms with Gasteiger partial charge in [0.25, 0.3) is 0 Å². The zero-order valence-electron chi connectivity index (χ0n) is 10.7. The van der Waals surface area contributed by atoms with Gasteiger partial charge >= 0.3 is 0 Å². The largest absolute Gasteiger partial charge is 0.348 e. The topological polar surface area (TPSA) is 8.17 Å². The van der Waals surface area contributed by atoms with Crippen molar-refractivity contribution < 1.29 is 0 Å². The molecule has 15 heavy (non-hydrogen) atoms. The SMILES string of the molecule is CCc1ccc(CN(C)C(C)C)n1CC. The second-order valence-corrected chi connectivity index (χ2v) is 4.42. The molecule has 0 spiro atoms. The lowest BCUT2D eigenvalue weighted by molar-refractivity contribution is 0.259. The molecule has 1 rings (SSSR count). The van der Waals surface area contributed by atoms with E-state index in [1.807, 2.05) is 0 Å². The molecule has 86 valence electrons. The van der Waals surface area contributed by atoms with Crippen LogP contribution in [0.4, 0.5) is 0 Å². The van der Waals surface area contributed by atoms with E-state index in [4.69, 9.17) is 0 Å². The van der Waals surface area contributed by atoms with Gasteiger partial charge in [-0.15, -0.1) is 0 Å². The number of aryl methyl sites for hydroxylation is 1. The van der Waals surface area contributed by atoms with Gasteiger partial charge < -0.3 is 4.57 Å². The Bertz CT molecular complexity index is 299. The van der Waals surface area contributed by atoms with E-state index in [0.29, 0.717) is 6.04 Å². The van der Waals surface area contributed by atoms with Crippen molar-refractivity contribution in [1.82, 2.24) is 9.47 Å². The van der Waals surface area contributed by atoms with Crippen LogP contribution in [0.15, 0.2) is 12.1 Å². The van der Waals surface area contributed by atoms with Crippen molar-refractivity contribution in [3.8, 4) is 0 Å². The molecule has 0 aliphatic carbocycles. The summed E-state index contributed by atoms with van der Waals surface area (Å²) in [5.41, 5.74) is 2.88. The van der Waals surface area contributed by atoms with Gasteiger partial charge in [-0.05, 0) is 46.4 Å². The number of nitrogens with zero attached hydrogens (tertiary/aromatic N) is 2. The van der Waals surface area contributed by atoms with Crippen LogP contribution in [0.25, 0.3) is 0 Å². The first-order valence-corrected chi connectivity index (χ1v) is 5.97. The molecule has 1 heterocycles. The highest BCUT2D eigenvalue weighted by Gasteiger charge is 2.09. The van der Waals surface area contributed by atoms with Crippen LogP contribution in [0.5, 0.6) is 0 Å². The maximum Gasteiger partial charge on any atom is 0.0386 e. The second-order valence-electron chi connectivity index (χ2n) is 4.42. The van der Waals surface area contributed by atoms with Crippen molar-refractivity contribution in [3.05, 3.63) is 23.5 Å². The van der Waals surface area contributed by atoms with Gasteiger partial charge in [-0.1, -0.05) is 6.92 Å². The molecule has 0 saturated heterocycles. The van der Waals surface area contributed by atoms with Gasteiger partial charge in [0.2, 0.25) is 0 Å². The summed E-state index contributed by atoms with van der Waals surface area (Å²) in [6, 6.07) is 5.13. The van der Waals surface area contributed by atoms with Gasteiger partial charge in [-0.2, -0.15) is 0 Å². The molecule has 0 atom stereocenters. The Kier molecular flexibility index (Phi) is 4.40. The normalized spacial score (nSPS) is 11.7. The third-order valence-corrected chi connectivity index (χ3v) is 3.13. The minimum absolute atomic E-state index is 0.607. The summed E-state index contributed by atoms with van der Waals surface area (Å²) in [7, 11) is 2.18. The van der Waals surface area contributed by atoms with Gasteiger partial charge in [-0.3, -0.25) is 4.90 Å². The van der Waals surface area contributed by atoms with Crippen LogP contribution in [-0.4, -0.2) is 22.6 Å². The fourth-order valence-electron chi connectivity index (χ4n) is 1.85. The van der Waals surface area contributed by atoms with E-state index in [9.17, 15) is 0 Å². The van der Waals surface area contributed by atoms with E-state index >= 15 is 0 Å². The Morgan fingerprint density at radius 3 is 2.27 bits per heavy atom. The van der Waals surface area contributed by atoms with Crippen LogP contribution in [0.1, 0.15) is 39.1 Å². The predicted molar refractivity (Wildman–Crippen MR) is 66.1 cm³/mol. The third kappa shape index (κ3) is 2.85. The van der Waals surface area contributed by atoms with Gasteiger partial charge in [0.1, 0.15) is 0 Å². The summed E-state index contributed by atoms with van der Waals surface area (Å²) in [6.45, 7) is 11.0. The van der Waals surface area contributed by atoms with E-state index in [1.54, 1.807) is 0 Å². The molecule has 2 heteroatoms. The molecule has 0 saturated carbocycles. The number of hydrogen-bond acceptors (Lipinski definition) is 1. The Balaban J connectivity index is 2.81. The molecular formula is C13H24N2. The molecule has 0 bridgehead atoms. The summed E-state index contributed by atoms with van der Waals surface area (Å²) in [5, 5.41) is 0. The highest BCUT2D eigenvalue weighted by atomic mass is 15.1. The number of rotatable bonds is 5. The van der Waals surface area contributed by atoms with E-state index in [0.717, 1.165) is 19.5 Å². The maximum atomic E-state index is 2.43. The van der Waals surface area contributed by atoms with Gasteiger partial charge in [-0.25, -0.2) is 0 Å². The average Bonchev–Trinajstić information content (AvgIpc) is 2.59. The lowest BCUT2D eigenvalue weighted by atomic mass is 10.3. The van der Waals surface area contributed by atoms with Crippen LogP contribution in [0.2, 0.25) is 0 Å². The molecule has 0 aliphatic heterocycles. The average molecular weight is 208 g/mol. The smallest absolute Gasteiger partial charge is 0.0386 e. The molecule has 2 nitrogen and oxygen atoms in total. The van der Waals surface area contributed by atoms with Crippen LogP contribution in [-0.2, 0) is 19.5 Å². The van der Waals surface area contributed by atoms with Crippen molar-refractivity contribution in [3.63, 3.8) is 0 Å². The summed E-state index contributed by atoms with van der Waals surface area (Å²) in [4.78, 5) is 2.38. The lowest BCUT2D eigenvalue weighted by Gasteiger charge is -2.22. The highest BCUT2D eigenvalue weighted by Crippen LogP contribution is 2.13. The van der Waals surface area contributed by atoms with Crippen LogP contribution >= 0.6 is 0 Å². The van der Waals surface area contributed by atoms with Gasteiger partial charge in [0.15, 0.2) is 0 Å². The molecule has 0 aliphatic rings. The molecule has 0 amide bonds. The Morgan fingerprint density at radius 2 is 1.80 bits per heavy atom. The van der Waals surface area contributed by atoms with Gasteiger partial charge in [0.05, 0.1) is 0 Å². The molecule has 0 aromatic carbocycles. The number of hydrogen-bond donors (Lipinski definition) is 0. The maximum absolute atomic E-state index is 2.43. The quantitative estimate of drug-likeness (QED) is 0.722. The third-order valence-electron chi connectivity index (χ3n) is 3.13. The fourth-order valence-corrected chi connectivity index (χ4v) is 1.85. The minimum atomic E-state index is 0.607. The zero-order valence-corrected chi connectivity index (χ0v) is 10.7. The highest BCUT2D eigenvalue weighted by molar-refractivity contribution is 5.16. The van der Waals surface area contributed by atoms with Crippen molar-refractivity contribution in [2.24, 2.45) is 0 Å². The predicted octanol–water partition coefficient (Wildman–Crippen LogP) is 2.91.